The minimum absolute atomic E-state index is 0.0926. The number of alkyl carbamates (subject to hydrolysis) is 1. The first-order valence-electron chi connectivity index (χ1n) is 15.4. The molecule has 0 saturated heterocycles. The maximum atomic E-state index is 14.7. The van der Waals surface area contributed by atoms with E-state index in [1.807, 2.05) is 71.9 Å². The van der Waals surface area contributed by atoms with Gasteiger partial charge in [-0.2, -0.15) is 0 Å². The second-order valence-corrected chi connectivity index (χ2v) is 13.9. The van der Waals surface area contributed by atoms with Gasteiger partial charge >= 0.3 is 6.09 Å². The summed E-state index contributed by atoms with van der Waals surface area (Å²) in [4.78, 5) is 43.9. The standard InChI is InChI=1S/C35H52ClN3O4/c1-21(2)18-19-26(8)39(33(41)28(20-22(3)4)37-34(42)43-35(9,10)11)31(29-23(5)14-12-15-24(29)6)32(40)38-30-25(7)16-13-17-27(30)36/h12-17,21-22,26,28,31H,18-20H2,1-11H3,(H,37,42)(H,38,40). The van der Waals surface area contributed by atoms with Crippen molar-refractivity contribution in [2.45, 2.75) is 119 Å². The summed E-state index contributed by atoms with van der Waals surface area (Å²) in [7, 11) is 0. The molecule has 0 radical (unpaired) electrons. The molecular formula is C35H52ClN3O4. The third-order valence-corrected chi connectivity index (χ3v) is 7.71. The van der Waals surface area contributed by atoms with Gasteiger partial charge in [0.25, 0.3) is 5.91 Å². The van der Waals surface area contributed by atoms with Crippen LogP contribution in [0.3, 0.4) is 0 Å². The van der Waals surface area contributed by atoms with E-state index in [9.17, 15) is 14.4 Å². The van der Waals surface area contributed by atoms with E-state index in [-0.39, 0.29) is 23.8 Å². The van der Waals surface area contributed by atoms with Crippen molar-refractivity contribution in [3.63, 3.8) is 0 Å². The predicted octanol–water partition coefficient (Wildman–Crippen LogP) is 8.54. The van der Waals surface area contributed by atoms with E-state index in [2.05, 4.69) is 24.5 Å². The van der Waals surface area contributed by atoms with Crippen molar-refractivity contribution in [1.29, 1.82) is 0 Å². The van der Waals surface area contributed by atoms with Crippen LogP contribution in [0.25, 0.3) is 0 Å². The van der Waals surface area contributed by atoms with Gasteiger partial charge in [0.2, 0.25) is 5.91 Å². The average Bonchev–Trinajstić information content (AvgIpc) is 2.86. The summed E-state index contributed by atoms with van der Waals surface area (Å²) in [6, 6.07) is 9.13. The smallest absolute Gasteiger partial charge is 0.408 e. The Hall–Kier alpha value is -3.06. The average molecular weight is 614 g/mol. The van der Waals surface area contributed by atoms with Crippen molar-refractivity contribution in [3.8, 4) is 0 Å². The molecule has 8 heteroatoms. The summed E-state index contributed by atoms with van der Waals surface area (Å²) in [6.45, 7) is 21.4. The monoisotopic (exact) mass is 613 g/mol. The number of anilines is 1. The normalized spacial score (nSPS) is 13.8. The molecule has 3 amide bonds. The Morgan fingerprint density at radius 2 is 1.42 bits per heavy atom. The lowest BCUT2D eigenvalue weighted by Gasteiger charge is -2.40. The molecule has 43 heavy (non-hydrogen) atoms. The summed E-state index contributed by atoms with van der Waals surface area (Å²) in [5.74, 6) is -0.188. The first-order chi connectivity index (χ1) is 19.9. The van der Waals surface area contributed by atoms with E-state index in [4.69, 9.17) is 16.3 Å². The maximum Gasteiger partial charge on any atom is 0.408 e. The van der Waals surface area contributed by atoms with Crippen LogP contribution in [0.4, 0.5) is 10.5 Å². The quantitative estimate of drug-likeness (QED) is 0.251. The van der Waals surface area contributed by atoms with Crippen molar-refractivity contribution >= 4 is 35.2 Å². The number of carbonyl (C=O) groups is 3. The number of ether oxygens (including phenoxy) is 1. The molecule has 0 saturated carbocycles. The van der Waals surface area contributed by atoms with Gasteiger partial charge in [-0.3, -0.25) is 9.59 Å². The lowest BCUT2D eigenvalue weighted by Crippen LogP contribution is -2.55. The summed E-state index contributed by atoms with van der Waals surface area (Å²) in [6.07, 6.45) is 1.27. The highest BCUT2D eigenvalue weighted by molar-refractivity contribution is 6.34. The maximum absolute atomic E-state index is 14.7. The van der Waals surface area contributed by atoms with Gasteiger partial charge in [0.15, 0.2) is 0 Å². The summed E-state index contributed by atoms with van der Waals surface area (Å²) < 4.78 is 5.54. The minimum Gasteiger partial charge on any atom is -0.444 e. The van der Waals surface area contributed by atoms with Crippen LogP contribution in [0.5, 0.6) is 0 Å². The van der Waals surface area contributed by atoms with Crippen LogP contribution >= 0.6 is 11.6 Å². The Bertz CT molecular complexity index is 1230. The predicted molar refractivity (Wildman–Crippen MR) is 176 cm³/mol. The van der Waals surface area contributed by atoms with Gasteiger partial charge in [-0.05, 0) is 108 Å². The molecule has 238 valence electrons. The molecule has 7 nitrogen and oxygen atoms in total. The highest BCUT2D eigenvalue weighted by Crippen LogP contribution is 2.34. The fourth-order valence-electron chi connectivity index (χ4n) is 5.27. The first kappa shape index (κ1) is 36.1. The molecule has 0 aliphatic heterocycles. The zero-order valence-electron chi connectivity index (χ0n) is 27.9. The van der Waals surface area contributed by atoms with E-state index in [0.717, 1.165) is 28.7 Å². The fourth-order valence-corrected chi connectivity index (χ4v) is 5.54. The third kappa shape index (κ3) is 10.6. The number of benzene rings is 2. The molecule has 0 aromatic heterocycles. The van der Waals surface area contributed by atoms with Gasteiger partial charge in [-0.15, -0.1) is 0 Å². The molecule has 3 unspecified atom stereocenters. The second-order valence-electron chi connectivity index (χ2n) is 13.5. The van der Waals surface area contributed by atoms with Crippen molar-refractivity contribution in [2.24, 2.45) is 11.8 Å². The lowest BCUT2D eigenvalue weighted by atomic mass is 9.91. The molecule has 2 N–H and O–H groups in total. The number of halogens is 1. The molecule has 2 aromatic rings. The van der Waals surface area contributed by atoms with E-state index in [1.54, 1.807) is 31.7 Å². The second kappa shape index (κ2) is 15.6. The van der Waals surface area contributed by atoms with Crippen molar-refractivity contribution in [1.82, 2.24) is 10.2 Å². The van der Waals surface area contributed by atoms with Crippen molar-refractivity contribution in [2.75, 3.05) is 5.32 Å². The van der Waals surface area contributed by atoms with E-state index in [0.29, 0.717) is 29.5 Å². The summed E-state index contributed by atoms with van der Waals surface area (Å²) in [5.41, 5.74) is 3.15. The zero-order valence-corrected chi connectivity index (χ0v) is 28.7. The van der Waals surface area contributed by atoms with Gasteiger partial charge in [-0.25, -0.2) is 4.79 Å². The Kier molecular flexibility index (Phi) is 13.1. The molecule has 2 rings (SSSR count). The Labute approximate surface area is 264 Å². The van der Waals surface area contributed by atoms with Crippen LogP contribution in [0.2, 0.25) is 5.02 Å². The van der Waals surface area contributed by atoms with Crippen molar-refractivity contribution < 1.29 is 19.1 Å². The number of nitrogens with one attached hydrogen (secondary N) is 2. The number of hydrogen-bond acceptors (Lipinski definition) is 4. The highest BCUT2D eigenvalue weighted by atomic mass is 35.5. The largest absolute Gasteiger partial charge is 0.444 e. The molecular weight excluding hydrogens is 562 g/mol. The van der Waals surface area contributed by atoms with Gasteiger partial charge in [0.1, 0.15) is 17.7 Å². The van der Waals surface area contributed by atoms with Crippen LogP contribution in [0, 0.1) is 32.6 Å². The topological polar surface area (TPSA) is 87.7 Å². The number of para-hydroxylation sites is 1. The molecule has 0 heterocycles. The SMILES string of the molecule is Cc1cccc(Cl)c1NC(=O)C(c1c(C)cccc1C)N(C(=O)C(CC(C)C)NC(=O)OC(C)(C)C)C(C)CCC(C)C. The van der Waals surface area contributed by atoms with Gasteiger partial charge in [0, 0.05) is 6.04 Å². The molecule has 0 spiro atoms. The molecule has 0 aliphatic rings. The zero-order chi connectivity index (χ0) is 32.6. The van der Waals surface area contributed by atoms with Gasteiger partial charge in [-0.1, -0.05) is 69.6 Å². The number of amides is 3. The highest BCUT2D eigenvalue weighted by Gasteiger charge is 2.40. The summed E-state index contributed by atoms with van der Waals surface area (Å²) in [5, 5.41) is 6.32. The van der Waals surface area contributed by atoms with Crippen LogP contribution in [-0.4, -0.2) is 40.5 Å². The number of hydrogen-bond donors (Lipinski definition) is 2. The summed E-state index contributed by atoms with van der Waals surface area (Å²) >= 11 is 6.54. The van der Waals surface area contributed by atoms with Gasteiger partial charge in [0.05, 0.1) is 10.7 Å². The molecule has 3 atom stereocenters. The number of aryl methyl sites for hydroxylation is 3. The van der Waals surface area contributed by atoms with E-state index in [1.165, 1.54) is 0 Å². The molecule has 2 aromatic carbocycles. The Balaban J connectivity index is 2.75. The van der Waals surface area contributed by atoms with Crippen LogP contribution in [0.15, 0.2) is 36.4 Å². The third-order valence-electron chi connectivity index (χ3n) is 7.40. The molecule has 0 fully saturated rings. The number of rotatable bonds is 12. The van der Waals surface area contributed by atoms with Crippen LogP contribution < -0.4 is 10.6 Å². The van der Waals surface area contributed by atoms with E-state index >= 15 is 0 Å². The lowest BCUT2D eigenvalue weighted by molar-refractivity contribution is -0.144. The minimum atomic E-state index is -0.971. The fraction of sp³-hybridized carbons (Fsp3) is 0.571. The number of nitrogens with zero attached hydrogens (tertiary/aromatic N) is 1. The first-order valence-corrected chi connectivity index (χ1v) is 15.7. The Morgan fingerprint density at radius 1 is 0.860 bits per heavy atom. The number of carbonyl (C=O) groups excluding carboxylic acids is 3. The van der Waals surface area contributed by atoms with Crippen LogP contribution in [0.1, 0.15) is 103 Å². The molecule has 0 bridgehead atoms. The van der Waals surface area contributed by atoms with Gasteiger partial charge < -0.3 is 20.3 Å². The van der Waals surface area contributed by atoms with E-state index < -0.39 is 23.8 Å². The molecule has 0 aliphatic carbocycles. The van der Waals surface area contributed by atoms with Crippen molar-refractivity contribution in [3.05, 3.63) is 63.7 Å². The Morgan fingerprint density at radius 3 is 1.93 bits per heavy atom. The van der Waals surface area contributed by atoms with Crippen LogP contribution in [-0.2, 0) is 14.3 Å².